The van der Waals surface area contributed by atoms with E-state index >= 15 is 0 Å². The van der Waals surface area contributed by atoms with Gasteiger partial charge in [-0.2, -0.15) is 0 Å². The lowest BCUT2D eigenvalue weighted by Gasteiger charge is -2.13. The molecule has 0 aliphatic carbocycles. The van der Waals surface area contributed by atoms with Gasteiger partial charge in [0.15, 0.2) is 0 Å². The number of nitrogen functional groups attached to an aromatic ring is 1. The topological polar surface area (TPSA) is 124 Å². The van der Waals surface area contributed by atoms with Crippen molar-refractivity contribution in [3.63, 3.8) is 0 Å². The molecule has 0 unspecified atom stereocenters. The van der Waals surface area contributed by atoms with Crippen molar-refractivity contribution in [3.05, 3.63) is 60.9 Å². The van der Waals surface area contributed by atoms with Crippen molar-refractivity contribution in [2.75, 3.05) is 23.5 Å². The first-order valence-electron chi connectivity index (χ1n) is 10.8. The van der Waals surface area contributed by atoms with Crippen molar-refractivity contribution in [3.8, 4) is 28.1 Å². The van der Waals surface area contributed by atoms with E-state index in [1.807, 2.05) is 48.0 Å². The molecule has 4 N–H and O–H groups in total. The lowest BCUT2D eigenvalue weighted by Crippen LogP contribution is -2.11. The number of carbonyl (C=O) groups is 2. The lowest BCUT2D eigenvalue weighted by molar-refractivity contribution is -0.114. The number of amides is 2. The smallest absolute Gasteiger partial charge is 0.250 e. The van der Waals surface area contributed by atoms with E-state index in [1.54, 1.807) is 20.1 Å². The third-order valence-electron chi connectivity index (χ3n) is 5.60. The zero-order chi connectivity index (χ0) is 25.3. The number of benzene rings is 2. The van der Waals surface area contributed by atoms with Crippen LogP contribution in [-0.2, 0) is 16.6 Å². The summed E-state index contributed by atoms with van der Waals surface area (Å²) in [5, 5.41) is 6.30. The summed E-state index contributed by atoms with van der Waals surface area (Å²) in [5.74, 6) is 0.423. The van der Waals surface area contributed by atoms with Gasteiger partial charge in [-0.1, -0.05) is 24.8 Å². The third-order valence-corrected chi connectivity index (χ3v) is 5.60. The van der Waals surface area contributed by atoms with Crippen LogP contribution in [0.15, 0.2) is 60.9 Å². The maximum atomic E-state index is 12.0. The Kier molecular flexibility index (Phi) is 6.24. The maximum absolute atomic E-state index is 12.0. The van der Waals surface area contributed by atoms with Crippen LogP contribution in [0.2, 0.25) is 0 Å². The highest BCUT2D eigenvalue weighted by Gasteiger charge is 2.23. The number of nitrogens with one attached hydrogen (secondary N) is 2. The molecule has 0 aliphatic heterocycles. The van der Waals surface area contributed by atoms with Crippen molar-refractivity contribution < 1.29 is 14.3 Å². The molecule has 0 aliphatic rings. The largest absolute Gasteiger partial charge is 0.495 e. The molecule has 2 aromatic carbocycles. The highest BCUT2D eigenvalue weighted by Crippen LogP contribution is 2.43. The van der Waals surface area contributed by atoms with Gasteiger partial charge in [-0.05, 0) is 42.3 Å². The molecule has 0 atom stereocenters. The van der Waals surface area contributed by atoms with E-state index < -0.39 is 0 Å². The van der Waals surface area contributed by atoms with Gasteiger partial charge in [-0.3, -0.25) is 9.59 Å². The molecule has 9 nitrogen and oxygen atoms in total. The molecule has 0 fully saturated rings. The van der Waals surface area contributed by atoms with Crippen molar-refractivity contribution in [1.29, 1.82) is 0 Å². The van der Waals surface area contributed by atoms with Gasteiger partial charge in [0.1, 0.15) is 23.5 Å². The van der Waals surface area contributed by atoms with E-state index in [4.69, 9.17) is 10.5 Å². The summed E-state index contributed by atoms with van der Waals surface area (Å²) in [4.78, 5) is 32.3. The summed E-state index contributed by atoms with van der Waals surface area (Å²) < 4.78 is 7.50. The van der Waals surface area contributed by atoms with Gasteiger partial charge in [0.25, 0.3) is 5.91 Å². The number of aromatic nitrogens is 3. The van der Waals surface area contributed by atoms with Gasteiger partial charge in [-0.15, -0.1) is 0 Å². The second kappa shape index (κ2) is 9.30. The second-order valence-corrected chi connectivity index (χ2v) is 8.15. The molecular formula is C26H26N6O3. The number of nitrogens with zero attached hydrogens (tertiary/aromatic N) is 3. The Morgan fingerprint density at radius 2 is 1.71 bits per heavy atom. The minimum absolute atomic E-state index is 0.196. The first-order valence-corrected chi connectivity index (χ1v) is 10.8. The van der Waals surface area contributed by atoms with Gasteiger partial charge in [0.2, 0.25) is 5.91 Å². The molecule has 0 radical (unpaired) electrons. The van der Waals surface area contributed by atoms with Crippen LogP contribution in [0.4, 0.5) is 17.2 Å². The minimum atomic E-state index is -0.238. The predicted octanol–water partition coefficient (Wildman–Crippen LogP) is 4.37. The molecule has 0 saturated carbocycles. The van der Waals surface area contributed by atoms with Crippen LogP contribution < -0.4 is 21.1 Å². The molecule has 0 bridgehead atoms. The molecule has 4 aromatic rings. The van der Waals surface area contributed by atoms with Crippen LogP contribution in [0.5, 0.6) is 5.75 Å². The highest BCUT2D eigenvalue weighted by molar-refractivity contribution is 6.08. The SMILES string of the molecule is C=C(C)C(=O)Nc1ccc(-c2c(-c3ccc(NC(C)=O)c(OC)c3)c3c(N)ncnc3n2C)cc1. The summed E-state index contributed by atoms with van der Waals surface area (Å²) in [6, 6.07) is 13.0. The zero-order valence-corrected chi connectivity index (χ0v) is 20.0. The molecule has 2 amide bonds. The van der Waals surface area contributed by atoms with Gasteiger partial charge in [-0.25, -0.2) is 9.97 Å². The molecule has 9 heteroatoms. The number of hydrogen-bond acceptors (Lipinski definition) is 6. The quantitative estimate of drug-likeness (QED) is 0.360. The molecule has 0 saturated heterocycles. The fourth-order valence-corrected chi connectivity index (χ4v) is 3.98. The number of carbonyl (C=O) groups excluding carboxylic acids is 2. The van der Waals surface area contributed by atoms with E-state index in [0.29, 0.717) is 39.5 Å². The monoisotopic (exact) mass is 470 g/mol. The Morgan fingerprint density at radius 3 is 2.34 bits per heavy atom. The number of aryl methyl sites for hydroxylation is 1. The van der Waals surface area contributed by atoms with Crippen molar-refractivity contribution in [2.24, 2.45) is 7.05 Å². The standard InChI is InChI=1S/C26H26N6O3/c1-14(2)26(34)31-18-9-6-16(7-10-18)23-21(22-24(27)28-13-29-25(22)32(23)4)17-8-11-19(30-15(3)33)20(12-17)35-5/h6-13H,1H2,2-5H3,(H,30,33)(H,31,34)(H2,27,28,29). The normalized spacial score (nSPS) is 10.7. The summed E-state index contributed by atoms with van der Waals surface area (Å²) in [5.41, 5.74) is 12.0. The van der Waals surface area contributed by atoms with E-state index in [1.165, 1.54) is 13.3 Å². The number of fused-ring (bicyclic) bond motifs is 1. The molecule has 4 rings (SSSR count). The Balaban J connectivity index is 1.91. The summed E-state index contributed by atoms with van der Waals surface area (Å²) in [7, 11) is 3.46. The van der Waals surface area contributed by atoms with Gasteiger partial charge >= 0.3 is 0 Å². The molecule has 35 heavy (non-hydrogen) atoms. The Bertz CT molecular complexity index is 1470. The van der Waals surface area contributed by atoms with Crippen molar-refractivity contribution in [2.45, 2.75) is 13.8 Å². The molecule has 0 spiro atoms. The number of methoxy groups -OCH3 is 1. The molecule has 178 valence electrons. The predicted molar refractivity (Wildman–Crippen MR) is 138 cm³/mol. The van der Waals surface area contributed by atoms with Gasteiger partial charge < -0.3 is 25.7 Å². The van der Waals surface area contributed by atoms with Crippen LogP contribution >= 0.6 is 0 Å². The number of ether oxygens (including phenoxy) is 1. The van der Waals surface area contributed by atoms with Crippen LogP contribution in [-0.4, -0.2) is 33.5 Å². The van der Waals surface area contributed by atoms with Crippen LogP contribution in [0.1, 0.15) is 13.8 Å². The van der Waals surface area contributed by atoms with Crippen LogP contribution in [0.25, 0.3) is 33.4 Å². The first kappa shape index (κ1) is 23.5. The number of nitrogens with two attached hydrogens (primary N) is 1. The average Bonchev–Trinajstić information content (AvgIpc) is 3.13. The summed E-state index contributed by atoms with van der Waals surface area (Å²) in [6.45, 7) is 6.76. The Morgan fingerprint density at radius 1 is 1.03 bits per heavy atom. The summed E-state index contributed by atoms with van der Waals surface area (Å²) >= 11 is 0. The maximum Gasteiger partial charge on any atom is 0.250 e. The van der Waals surface area contributed by atoms with E-state index in [2.05, 4.69) is 27.2 Å². The van der Waals surface area contributed by atoms with E-state index in [9.17, 15) is 9.59 Å². The van der Waals surface area contributed by atoms with Crippen LogP contribution in [0.3, 0.4) is 0 Å². The second-order valence-electron chi connectivity index (χ2n) is 8.15. The Labute approximate surface area is 202 Å². The zero-order valence-electron chi connectivity index (χ0n) is 20.0. The van der Waals surface area contributed by atoms with Crippen LogP contribution in [0, 0.1) is 0 Å². The molecule has 2 heterocycles. The average molecular weight is 471 g/mol. The first-order chi connectivity index (χ1) is 16.7. The minimum Gasteiger partial charge on any atom is -0.495 e. The summed E-state index contributed by atoms with van der Waals surface area (Å²) in [6.07, 6.45) is 1.43. The van der Waals surface area contributed by atoms with Gasteiger partial charge in [0.05, 0.1) is 23.9 Å². The number of hydrogen-bond donors (Lipinski definition) is 3. The number of anilines is 3. The molecular weight excluding hydrogens is 444 g/mol. The molecule has 2 aromatic heterocycles. The van der Waals surface area contributed by atoms with Gasteiger partial charge in [0, 0.05) is 30.8 Å². The highest BCUT2D eigenvalue weighted by atomic mass is 16.5. The lowest BCUT2D eigenvalue weighted by atomic mass is 9.98. The van der Waals surface area contributed by atoms with E-state index in [-0.39, 0.29) is 11.8 Å². The van der Waals surface area contributed by atoms with E-state index in [0.717, 1.165) is 22.4 Å². The third kappa shape index (κ3) is 4.43. The van der Waals surface area contributed by atoms with Crippen molar-refractivity contribution >= 4 is 40.0 Å². The Hall–Kier alpha value is -4.66. The van der Waals surface area contributed by atoms with Crippen molar-refractivity contribution in [1.82, 2.24) is 14.5 Å². The fourth-order valence-electron chi connectivity index (χ4n) is 3.98. The fraction of sp³-hybridized carbons (Fsp3) is 0.154. The number of rotatable bonds is 6.